The maximum absolute atomic E-state index is 5.97. The molecule has 0 saturated carbocycles. The Morgan fingerprint density at radius 3 is 2.67 bits per heavy atom. The van der Waals surface area contributed by atoms with E-state index in [-0.39, 0.29) is 0 Å². The zero-order chi connectivity index (χ0) is 10.7. The second-order valence-electron chi connectivity index (χ2n) is 3.74. The molecule has 0 fully saturated rings. The average Bonchev–Trinajstić information content (AvgIpc) is 2.25. The first-order chi connectivity index (χ1) is 7.25. The van der Waals surface area contributed by atoms with Crippen LogP contribution >= 0.6 is 23.2 Å². The van der Waals surface area contributed by atoms with Crippen molar-refractivity contribution < 1.29 is 0 Å². The predicted molar refractivity (Wildman–Crippen MR) is 65.5 cm³/mol. The third kappa shape index (κ3) is 2.97. The predicted octanol–water partition coefficient (Wildman–Crippen LogP) is 3.76. The summed E-state index contributed by atoms with van der Waals surface area (Å²) in [6.45, 7) is 3.10. The van der Waals surface area contributed by atoms with Crippen molar-refractivity contribution in [2.75, 3.05) is 13.1 Å². The van der Waals surface area contributed by atoms with E-state index in [1.54, 1.807) is 0 Å². The van der Waals surface area contributed by atoms with Crippen LogP contribution in [0.4, 0.5) is 0 Å². The number of halogens is 2. The molecule has 2 rings (SSSR count). The van der Waals surface area contributed by atoms with E-state index in [2.05, 4.69) is 17.1 Å². The molecule has 80 valence electrons. The van der Waals surface area contributed by atoms with Crippen LogP contribution in [0.1, 0.15) is 12.0 Å². The van der Waals surface area contributed by atoms with Crippen LogP contribution in [0.15, 0.2) is 30.4 Å². The SMILES string of the molecule is Clc1ccc(CN2CC=CCC2)cc1Cl. The molecule has 0 atom stereocenters. The summed E-state index contributed by atoms with van der Waals surface area (Å²) < 4.78 is 0. The normalized spacial score (nSPS) is 16.9. The first-order valence-corrected chi connectivity index (χ1v) is 5.82. The lowest BCUT2D eigenvalue weighted by atomic mass is 10.2. The highest BCUT2D eigenvalue weighted by molar-refractivity contribution is 6.42. The summed E-state index contributed by atoms with van der Waals surface area (Å²) in [6, 6.07) is 5.84. The van der Waals surface area contributed by atoms with Gasteiger partial charge < -0.3 is 0 Å². The molecule has 15 heavy (non-hydrogen) atoms. The van der Waals surface area contributed by atoms with Gasteiger partial charge in [-0.05, 0) is 24.1 Å². The molecule has 0 N–H and O–H groups in total. The molecule has 0 spiro atoms. The van der Waals surface area contributed by atoms with Crippen LogP contribution in [0.3, 0.4) is 0 Å². The highest BCUT2D eigenvalue weighted by atomic mass is 35.5. The third-order valence-electron chi connectivity index (χ3n) is 2.53. The van der Waals surface area contributed by atoms with Crippen molar-refractivity contribution in [2.45, 2.75) is 13.0 Å². The molecule has 0 aliphatic carbocycles. The van der Waals surface area contributed by atoms with Gasteiger partial charge in [-0.2, -0.15) is 0 Å². The molecule has 3 heteroatoms. The summed E-state index contributed by atoms with van der Waals surface area (Å²) in [5, 5.41) is 1.26. The summed E-state index contributed by atoms with van der Waals surface area (Å²) >= 11 is 11.8. The van der Waals surface area contributed by atoms with Crippen LogP contribution in [0, 0.1) is 0 Å². The topological polar surface area (TPSA) is 3.24 Å². The van der Waals surface area contributed by atoms with E-state index < -0.39 is 0 Å². The molecule has 0 unspecified atom stereocenters. The van der Waals surface area contributed by atoms with Crippen LogP contribution < -0.4 is 0 Å². The number of nitrogens with zero attached hydrogens (tertiary/aromatic N) is 1. The molecule has 0 bridgehead atoms. The second-order valence-corrected chi connectivity index (χ2v) is 4.56. The third-order valence-corrected chi connectivity index (χ3v) is 3.27. The number of hydrogen-bond acceptors (Lipinski definition) is 1. The minimum atomic E-state index is 0.624. The molecule has 1 aromatic carbocycles. The number of rotatable bonds is 2. The minimum Gasteiger partial charge on any atom is -0.295 e. The number of hydrogen-bond donors (Lipinski definition) is 0. The maximum Gasteiger partial charge on any atom is 0.0595 e. The van der Waals surface area contributed by atoms with Gasteiger partial charge in [0.05, 0.1) is 10.0 Å². The lowest BCUT2D eigenvalue weighted by Gasteiger charge is -2.23. The monoisotopic (exact) mass is 241 g/mol. The lowest BCUT2D eigenvalue weighted by Crippen LogP contribution is -2.26. The summed E-state index contributed by atoms with van der Waals surface area (Å²) in [6.07, 6.45) is 5.58. The van der Waals surface area contributed by atoms with Gasteiger partial charge in [0, 0.05) is 19.6 Å². The summed E-state index contributed by atoms with van der Waals surface area (Å²) in [7, 11) is 0. The Kier molecular flexibility index (Phi) is 3.68. The lowest BCUT2D eigenvalue weighted by molar-refractivity contribution is 0.291. The molecular formula is C12H13Cl2N. The Morgan fingerprint density at radius 2 is 2.00 bits per heavy atom. The van der Waals surface area contributed by atoms with Crippen molar-refractivity contribution in [3.63, 3.8) is 0 Å². The smallest absolute Gasteiger partial charge is 0.0595 e. The molecule has 1 nitrogen and oxygen atoms in total. The Balaban J connectivity index is 2.04. The van der Waals surface area contributed by atoms with Crippen molar-refractivity contribution in [1.82, 2.24) is 4.90 Å². The van der Waals surface area contributed by atoms with Crippen molar-refractivity contribution in [1.29, 1.82) is 0 Å². The van der Waals surface area contributed by atoms with Gasteiger partial charge in [-0.25, -0.2) is 0 Å². The molecule has 0 amide bonds. The van der Waals surface area contributed by atoms with Crippen LogP contribution in [-0.4, -0.2) is 18.0 Å². The summed E-state index contributed by atoms with van der Waals surface area (Å²) in [4.78, 5) is 2.39. The minimum absolute atomic E-state index is 0.624. The highest BCUT2D eigenvalue weighted by Gasteiger charge is 2.07. The molecule has 1 aromatic rings. The number of benzene rings is 1. The molecule has 1 heterocycles. The highest BCUT2D eigenvalue weighted by Crippen LogP contribution is 2.23. The zero-order valence-corrected chi connectivity index (χ0v) is 9.93. The molecule has 1 aliphatic heterocycles. The van der Waals surface area contributed by atoms with E-state index in [0.717, 1.165) is 26.1 Å². The standard InChI is InChI=1S/C12H13Cl2N/c13-11-5-4-10(8-12(11)14)9-15-6-2-1-3-7-15/h1-2,4-5,8H,3,6-7,9H2. The van der Waals surface area contributed by atoms with Gasteiger partial charge in [0.2, 0.25) is 0 Å². The van der Waals surface area contributed by atoms with Gasteiger partial charge in [0.25, 0.3) is 0 Å². The summed E-state index contributed by atoms with van der Waals surface area (Å²) in [5.41, 5.74) is 1.22. The van der Waals surface area contributed by atoms with Crippen LogP contribution in [0.5, 0.6) is 0 Å². The van der Waals surface area contributed by atoms with Gasteiger partial charge in [0.15, 0.2) is 0 Å². The van der Waals surface area contributed by atoms with Gasteiger partial charge in [0.1, 0.15) is 0 Å². The Morgan fingerprint density at radius 1 is 1.13 bits per heavy atom. The first-order valence-electron chi connectivity index (χ1n) is 5.07. The van der Waals surface area contributed by atoms with Crippen LogP contribution in [-0.2, 0) is 6.54 Å². The largest absolute Gasteiger partial charge is 0.295 e. The summed E-state index contributed by atoms with van der Waals surface area (Å²) in [5.74, 6) is 0. The molecule has 0 aromatic heterocycles. The van der Waals surface area contributed by atoms with Crippen molar-refractivity contribution >= 4 is 23.2 Å². The molecular weight excluding hydrogens is 229 g/mol. The molecule has 1 aliphatic rings. The van der Waals surface area contributed by atoms with E-state index in [4.69, 9.17) is 23.2 Å². The van der Waals surface area contributed by atoms with Gasteiger partial charge in [-0.1, -0.05) is 41.4 Å². The Bertz CT molecular complexity index is 374. The zero-order valence-electron chi connectivity index (χ0n) is 8.42. The quantitative estimate of drug-likeness (QED) is 0.714. The van der Waals surface area contributed by atoms with Gasteiger partial charge in [-0.15, -0.1) is 0 Å². The van der Waals surface area contributed by atoms with Crippen molar-refractivity contribution in [2.24, 2.45) is 0 Å². The van der Waals surface area contributed by atoms with E-state index in [1.165, 1.54) is 5.56 Å². The fourth-order valence-electron chi connectivity index (χ4n) is 1.73. The van der Waals surface area contributed by atoms with E-state index >= 15 is 0 Å². The van der Waals surface area contributed by atoms with Gasteiger partial charge in [-0.3, -0.25) is 4.90 Å². The van der Waals surface area contributed by atoms with E-state index in [0.29, 0.717) is 10.0 Å². The molecule has 0 radical (unpaired) electrons. The fourth-order valence-corrected chi connectivity index (χ4v) is 2.05. The second kappa shape index (κ2) is 5.02. The Hall–Kier alpha value is -0.500. The van der Waals surface area contributed by atoms with Crippen molar-refractivity contribution in [3.05, 3.63) is 46.0 Å². The van der Waals surface area contributed by atoms with Crippen LogP contribution in [0.2, 0.25) is 10.0 Å². The molecule has 0 saturated heterocycles. The van der Waals surface area contributed by atoms with E-state index in [1.807, 2.05) is 18.2 Å². The van der Waals surface area contributed by atoms with Crippen molar-refractivity contribution in [3.8, 4) is 0 Å². The average molecular weight is 242 g/mol. The maximum atomic E-state index is 5.97. The van der Waals surface area contributed by atoms with E-state index in [9.17, 15) is 0 Å². The van der Waals surface area contributed by atoms with Gasteiger partial charge >= 0.3 is 0 Å². The fraction of sp³-hybridized carbons (Fsp3) is 0.333. The Labute approximate surface area is 100 Å². The van der Waals surface area contributed by atoms with Crippen LogP contribution in [0.25, 0.3) is 0 Å². The first kappa shape index (κ1) is 11.0.